The van der Waals surface area contributed by atoms with Gasteiger partial charge in [0, 0.05) is 24.0 Å². The Balaban J connectivity index is 2.10. The number of rotatable bonds is 9. The van der Waals surface area contributed by atoms with E-state index in [1.54, 1.807) is 6.08 Å². The Labute approximate surface area is 152 Å². The summed E-state index contributed by atoms with van der Waals surface area (Å²) in [6.45, 7) is 4.22. The second-order valence-electron chi connectivity index (χ2n) is 5.66. The first kappa shape index (κ1) is 19.5. The van der Waals surface area contributed by atoms with Gasteiger partial charge in [0.25, 0.3) is 0 Å². The lowest BCUT2D eigenvalue weighted by Crippen LogP contribution is -2.28. The molecule has 0 fully saturated rings. The van der Waals surface area contributed by atoms with Crippen LogP contribution in [0.5, 0.6) is 0 Å². The molecule has 0 bridgehead atoms. The van der Waals surface area contributed by atoms with E-state index in [0.29, 0.717) is 24.5 Å². The molecule has 0 radical (unpaired) electrons. The molecule has 1 aromatic rings. The SMILES string of the molecule is C=CCOC(=O)C1=C[C@H](c2ccc(Cl)cc2)C[C@H](OCCCCO)O1. The summed E-state index contributed by atoms with van der Waals surface area (Å²) in [6.07, 6.45) is 4.68. The Hall–Kier alpha value is -1.82. The number of unbranched alkanes of at least 4 members (excludes halogenated alkanes) is 1. The van der Waals surface area contributed by atoms with Gasteiger partial charge in [-0.3, -0.25) is 0 Å². The molecule has 25 heavy (non-hydrogen) atoms. The fourth-order valence-corrected chi connectivity index (χ4v) is 2.61. The summed E-state index contributed by atoms with van der Waals surface area (Å²) in [5.74, 6) is -0.442. The number of benzene rings is 1. The van der Waals surface area contributed by atoms with Crippen LogP contribution >= 0.6 is 11.6 Å². The molecule has 1 aliphatic rings. The molecule has 0 amide bonds. The predicted molar refractivity (Wildman–Crippen MR) is 95.2 cm³/mol. The molecule has 0 aliphatic carbocycles. The highest BCUT2D eigenvalue weighted by Gasteiger charge is 2.29. The number of halogens is 1. The molecule has 1 heterocycles. The van der Waals surface area contributed by atoms with Crippen molar-refractivity contribution in [1.82, 2.24) is 0 Å². The minimum atomic E-state index is -0.546. The Bertz CT molecular complexity index is 596. The molecule has 2 rings (SSSR count). The van der Waals surface area contributed by atoms with Gasteiger partial charge in [-0.05, 0) is 36.6 Å². The van der Waals surface area contributed by atoms with E-state index in [-0.39, 0.29) is 24.9 Å². The van der Waals surface area contributed by atoms with E-state index in [9.17, 15) is 4.79 Å². The third kappa shape index (κ3) is 6.20. The highest BCUT2D eigenvalue weighted by atomic mass is 35.5. The second-order valence-corrected chi connectivity index (χ2v) is 6.10. The van der Waals surface area contributed by atoms with E-state index in [1.807, 2.05) is 24.3 Å². The first-order chi connectivity index (χ1) is 12.1. The molecule has 1 aliphatic heterocycles. The van der Waals surface area contributed by atoms with Crippen LogP contribution in [0.3, 0.4) is 0 Å². The number of aliphatic hydroxyl groups excluding tert-OH is 1. The summed E-state index contributed by atoms with van der Waals surface area (Å²) in [6, 6.07) is 7.47. The smallest absolute Gasteiger partial charge is 0.373 e. The van der Waals surface area contributed by atoms with Crippen LogP contribution in [0, 0.1) is 0 Å². The number of hydrogen-bond donors (Lipinski definition) is 1. The highest BCUT2D eigenvalue weighted by molar-refractivity contribution is 6.30. The zero-order valence-corrected chi connectivity index (χ0v) is 14.8. The van der Waals surface area contributed by atoms with Crippen LogP contribution in [0.15, 0.2) is 48.8 Å². The van der Waals surface area contributed by atoms with Crippen molar-refractivity contribution in [1.29, 1.82) is 0 Å². The number of hydrogen-bond acceptors (Lipinski definition) is 5. The van der Waals surface area contributed by atoms with Crippen LogP contribution in [0.2, 0.25) is 5.02 Å². The Morgan fingerprint density at radius 3 is 2.80 bits per heavy atom. The fraction of sp³-hybridized carbons (Fsp3) is 0.421. The van der Waals surface area contributed by atoms with Crippen molar-refractivity contribution in [2.24, 2.45) is 0 Å². The van der Waals surface area contributed by atoms with Crippen LogP contribution < -0.4 is 0 Å². The maximum absolute atomic E-state index is 12.1. The van der Waals surface area contributed by atoms with Crippen molar-refractivity contribution in [3.8, 4) is 0 Å². The number of carbonyl (C=O) groups excluding carboxylic acids is 1. The molecule has 2 atom stereocenters. The summed E-state index contributed by atoms with van der Waals surface area (Å²) < 4.78 is 16.4. The Morgan fingerprint density at radius 2 is 2.12 bits per heavy atom. The maximum Gasteiger partial charge on any atom is 0.373 e. The van der Waals surface area contributed by atoms with Gasteiger partial charge >= 0.3 is 5.97 Å². The minimum Gasteiger partial charge on any atom is -0.458 e. The molecule has 5 nitrogen and oxygen atoms in total. The van der Waals surface area contributed by atoms with Crippen molar-refractivity contribution < 1.29 is 24.1 Å². The quantitative estimate of drug-likeness (QED) is 0.411. The topological polar surface area (TPSA) is 65.0 Å². The van der Waals surface area contributed by atoms with Gasteiger partial charge < -0.3 is 19.3 Å². The van der Waals surface area contributed by atoms with Gasteiger partial charge in [-0.15, -0.1) is 0 Å². The van der Waals surface area contributed by atoms with Crippen molar-refractivity contribution in [2.45, 2.75) is 31.5 Å². The molecule has 1 N–H and O–H groups in total. The molecule has 0 aromatic heterocycles. The zero-order chi connectivity index (χ0) is 18.1. The van der Waals surface area contributed by atoms with E-state index in [2.05, 4.69) is 6.58 Å². The molecule has 0 unspecified atom stereocenters. The fourth-order valence-electron chi connectivity index (χ4n) is 2.48. The lowest BCUT2D eigenvalue weighted by Gasteiger charge is -2.29. The summed E-state index contributed by atoms with van der Waals surface area (Å²) in [5, 5.41) is 9.49. The normalized spacial score (nSPS) is 19.7. The number of aliphatic hydroxyl groups is 1. The average molecular weight is 367 g/mol. The maximum atomic E-state index is 12.1. The molecule has 0 saturated heterocycles. The monoisotopic (exact) mass is 366 g/mol. The molecule has 0 saturated carbocycles. The van der Waals surface area contributed by atoms with Crippen molar-refractivity contribution >= 4 is 17.6 Å². The molecule has 0 spiro atoms. The van der Waals surface area contributed by atoms with Crippen molar-refractivity contribution in [3.05, 3.63) is 59.3 Å². The lowest BCUT2D eigenvalue weighted by molar-refractivity contribution is -0.160. The molecule has 136 valence electrons. The third-order valence-corrected chi connectivity index (χ3v) is 4.00. The van der Waals surface area contributed by atoms with E-state index in [1.165, 1.54) is 6.08 Å². The summed E-state index contributed by atoms with van der Waals surface area (Å²) in [7, 11) is 0. The number of ether oxygens (including phenoxy) is 3. The minimum absolute atomic E-state index is 0.0415. The van der Waals surface area contributed by atoms with E-state index < -0.39 is 12.3 Å². The molecule has 6 heteroatoms. The van der Waals surface area contributed by atoms with Crippen LogP contribution in [-0.2, 0) is 19.0 Å². The molecule has 1 aromatic carbocycles. The van der Waals surface area contributed by atoms with Crippen LogP contribution in [-0.4, -0.2) is 37.2 Å². The Kier molecular flexibility index (Phi) is 7.98. The number of carbonyl (C=O) groups is 1. The van der Waals surface area contributed by atoms with E-state index >= 15 is 0 Å². The van der Waals surface area contributed by atoms with Crippen LogP contribution in [0.1, 0.15) is 30.7 Å². The van der Waals surface area contributed by atoms with Crippen LogP contribution in [0.4, 0.5) is 0 Å². The summed E-state index contributed by atoms with van der Waals surface area (Å²) in [4.78, 5) is 12.1. The highest BCUT2D eigenvalue weighted by Crippen LogP contribution is 2.32. The second kappa shape index (κ2) is 10.2. The summed E-state index contributed by atoms with van der Waals surface area (Å²) >= 11 is 5.95. The van der Waals surface area contributed by atoms with Gasteiger partial charge in [0.15, 0.2) is 0 Å². The molecular weight excluding hydrogens is 344 g/mol. The van der Waals surface area contributed by atoms with Crippen molar-refractivity contribution in [3.63, 3.8) is 0 Å². The first-order valence-electron chi connectivity index (χ1n) is 8.28. The average Bonchev–Trinajstić information content (AvgIpc) is 2.63. The van der Waals surface area contributed by atoms with Crippen molar-refractivity contribution in [2.75, 3.05) is 19.8 Å². The van der Waals surface area contributed by atoms with Crippen LogP contribution in [0.25, 0.3) is 0 Å². The van der Waals surface area contributed by atoms with Gasteiger partial charge in [-0.1, -0.05) is 36.4 Å². The van der Waals surface area contributed by atoms with Gasteiger partial charge in [0.05, 0.1) is 6.61 Å². The number of esters is 1. The van der Waals surface area contributed by atoms with Gasteiger partial charge in [-0.2, -0.15) is 0 Å². The van der Waals surface area contributed by atoms with Gasteiger partial charge in [-0.25, -0.2) is 4.79 Å². The number of allylic oxidation sites excluding steroid dienone is 1. The lowest BCUT2D eigenvalue weighted by atomic mass is 9.93. The van der Waals surface area contributed by atoms with Gasteiger partial charge in [0.1, 0.15) is 6.61 Å². The molecular formula is C19H23ClO5. The standard InChI is InChI=1S/C19H23ClO5/c1-2-10-24-19(22)17-12-15(14-5-7-16(20)8-6-14)13-18(25-17)23-11-4-3-9-21/h2,5-8,12,15,18,21H,1,3-4,9-11,13H2/t15-,18+/m0/s1. The largest absolute Gasteiger partial charge is 0.458 e. The van der Waals surface area contributed by atoms with E-state index in [0.717, 1.165) is 12.0 Å². The summed E-state index contributed by atoms with van der Waals surface area (Å²) in [5.41, 5.74) is 1.02. The van der Waals surface area contributed by atoms with Gasteiger partial charge in [0.2, 0.25) is 12.0 Å². The Morgan fingerprint density at radius 1 is 1.36 bits per heavy atom. The third-order valence-electron chi connectivity index (χ3n) is 3.75. The first-order valence-corrected chi connectivity index (χ1v) is 8.66. The van der Waals surface area contributed by atoms with E-state index in [4.69, 9.17) is 30.9 Å². The zero-order valence-electron chi connectivity index (χ0n) is 14.0. The predicted octanol–water partition coefficient (Wildman–Crippen LogP) is 3.57.